The van der Waals surface area contributed by atoms with E-state index in [1.165, 1.54) is 4.88 Å². The molecule has 132 valence electrons. The standard InChI is InChI=1S/C18H19NO4S2/c20-17(21)10-13-11-19(7-8-23-13)18(22)15-5-1-2-6-16(15)25-12-14-4-3-9-24-14/h1-6,9,13H,7-8,10-12H2,(H,20,21). The minimum absolute atomic E-state index is 0.0621. The molecule has 7 heteroatoms. The number of carboxylic acid groups (broad SMARTS) is 1. The molecule has 5 nitrogen and oxygen atoms in total. The summed E-state index contributed by atoms with van der Waals surface area (Å²) in [7, 11) is 0. The Morgan fingerprint density at radius 2 is 2.12 bits per heavy atom. The third kappa shape index (κ3) is 4.84. The van der Waals surface area contributed by atoms with Crippen LogP contribution in [0, 0.1) is 0 Å². The van der Waals surface area contributed by atoms with Crippen LogP contribution in [0.5, 0.6) is 0 Å². The van der Waals surface area contributed by atoms with Crippen LogP contribution in [0.1, 0.15) is 21.7 Å². The number of hydrogen-bond acceptors (Lipinski definition) is 5. The average Bonchev–Trinajstić information content (AvgIpc) is 3.13. The van der Waals surface area contributed by atoms with Crippen molar-refractivity contribution in [3.63, 3.8) is 0 Å². The zero-order valence-corrected chi connectivity index (χ0v) is 15.2. The quantitative estimate of drug-likeness (QED) is 0.782. The summed E-state index contributed by atoms with van der Waals surface area (Å²) in [4.78, 5) is 27.7. The normalized spacial score (nSPS) is 17.4. The zero-order valence-electron chi connectivity index (χ0n) is 13.6. The van der Waals surface area contributed by atoms with Gasteiger partial charge < -0.3 is 14.7 Å². The zero-order chi connectivity index (χ0) is 17.6. The van der Waals surface area contributed by atoms with E-state index in [-0.39, 0.29) is 12.3 Å². The first kappa shape index (κ1) is 18.0. The van der Waals surface area contributed by atoms with Crippen LogP contribution in [0.2, 0.25) is 0 Å². The van der Waals surface area contributed by atoms with Crippen molar-refractivity contribution in [1.82, 2.24) is 4.90 Å². The van der Waals surface area contributed by atoms with Gasteiger partial charge in [-0.05, 0) is 23.6 Å². The van der Waals surface area contributed by atoms with Gasteiger partial charge in [-0.1, -0.05) is 18.2 Å². The van der Waals surface area contributed by atoms with E-state index < -0.39 is 12.1 Å². The van der Waals surface area contributed by atoms with Gasteiger partial charge in [0.25, 0.3) is 5.91 Å². The summed E-state index contributed by atoms with van der Waals surface area (Å²) in [5.41, 5.74) is 0.667. The Bertz CT molecular complexity index is 732. The highest BCUT2D eigenvalue weighted by atomic mass is 32.2. The summed E-state index contributed by atoms with van der Waals surface area (Å²) >= 11 is 3.35. The summed E-state index contributed by atoms with van der Waals surface area (Å²) in [5, 5.41) is 11.0. The number of ether oxygens (including phenoxy) is 1. The molecule has 2 heterocycles. The minimum atomic E-state index is -0.911. The number of benzene rings is 1. The van der Waals surface area contributed by atoms with Gasteiger partial charge in [0.1, 0.15) is 0 Å². The lowest BCUT2D eigenvalue weighted by molar-refractivity contribution is -0.141. The highest BCUT2D eigenvalue weighted by molar-refractivity contribution is 7.98. The molecule has 0 spiro atoms. The van der Waals surface area contributed by atoms with E-state index in [2.05, 4.69) is 6.07 Å². The van der Waals surface area contributed by atoms with Crippen LogP contribution in [0.3, 0.4) is 0 Å². The molecule has 1 saturated heterocycles. The molecule has 1 aromatic heterocycles. The van der Waals surface area contributed by atoms with Crippen molar-refractivity contribution < 1.29 is 19.4 Å². The summed E-state index contributed by atoms with van der Waals surface area (Å²) in [6.45, 7) is 1.17. The monoisotopic (exact) mass is 377 g/mol. The van der Waals surface area contributed by atoms with Crippen molar-refractivity contribution >= 4 is 35.0 Å². The molecule has 1 unspecified atom stereocenters. The summed E-state index contributed by atoms with van der Waals surface area (Å²) in [6, 6.07) is 11.7. The second-order valence-electron chi connectivity index (χ2n) is 5.71. The van der Waals surface area contributed by atoms with Gasteiger partial charge in [-0.15, -0.1) is 23.1 Å². The topological polar surface area (TPSA) is 66.8 Å². The highest BCUT2D eigenvalue weighted by Gasteiger charge is 2.27. The number of nitrogens with zero attached hydrogens (tertiary/aromatic N) is 1. The van der Waals surface area contributed by atoms with Crippen LogP contribution in [0.4, 0.5) is 0 Å². The molecule has 1 aliphatic heterocycles. The predicted molar refractivity (Wildman–Crippen MR) is 98.2 cm³/mol. The van der Waals surface area contributed by atoms with Crippen molar-refractivity contribution in [2.45, 2.75) is 23.2 Å². The molecule has 1 amide bonds. The van der Waals surface area contributed by atoms with Gasteiger partial charge in [-0.25, -0.2) is 0 Å². The number of amides is 1. The molecular weight excluding hydrogens is 358 g/mol. The second-order valence-corrected chi connectivity index (χ2v) is 7.76. The number of carbonyl (C=O) groups is 2. The third-order valence-electron chi connectivity index (χ3n) is 3.90. The molecule has 0 aliphatic carbocycles. The number of aliphatic carboxylic acids is 1. The van der Waals surface area contributed by atoms with E-state index in [0.29, 0.717) is 25.3 Å². The lowest BCUT2D eigenvalue weighted by atomic mass is 10.1. The number of carboxylic acids is 1. The van der Waals surface area contributed by atoms with Crippen LogP contribution in [-0.4, -0.2) is 47.7 Å². The van der Waals surface area contributed by atoms with E-state index in [1.807, 2.05) is 35.7 Å². The number of morpholine rings is 1. The highest BCUT2D eigenvalue weighted by Crippen LogP contribution is 2.29. The average molecular weight is 377 g/mol. The number of hydrogen-bond donors (Lipinski definition) is 1. The Morgan fingerprint density at radius 3 is 2.88 bits per heavy atom. The van der Waals surface area contributed by atoms with Crippen molar-refractivity contribution in [3.05, 3.63) is 52.2 Å². The van der Waals surface area contributed by atoms with Crippen LogP contribution in [-0.2, 0) is 15.3 Å². The predicted octanol–water partition coefficient (Wildman–Crippen LogP) is 3.36. The second kappa shape index (κ2) is 8.51. The fourth-order valence-electron chi connectivity index (χ4n) is 2.71. The van der Waals surface area contributed by atoms with Gasteiger partial charge in [0.15, 0.2) is 0 Å². The molecule has 2 aromatic rings. The Hall–Kier alpha value is -1.83. The Morgan fingerprint density at radius 1 is 1.28 bits per heavy atom. The first-order valence-corrected chi connectivity index (χ1v) is 9.87. The Kier molecular flexibility index (Phi) is 6.12. The molecule has 1 N–H and O–H groups in total. The van der Waals surface area contributed by atoms with Gasteiger partial charge >= 0.3 is 5.97 Å². The lowest BCUT2D eigenvalue weighted by Crippen LogP contribution is -2.46. The minimum Gasteiger partial charge on any atom is -0.481 e. The molecule has 0 bridgehead atoms. The molecule has 0 radical (unpaired) electrons. The number of rotatable bonds is 6. The Balaban J connectivity index is 1.70. The lowest BCUT2D eigenvalue weighted by Gasteiger charge is -2.32. The van der Waals surface area contributed by atoms with Crippen LogP contribution >= 0.6 is 23.1 Å². The largest absolute Gasteiger partial charge is 0.481 e. The molecule has 1 aromatic carbocycles. The van der Waals surface area contributed by atoms with E-state index in [4.69, 9.17) is 9.84 Å². The first-order valence-electron chi connectivity index (χ1n) is 8.00. The maximum atomic E-state index is 12.9. The van der Waals surface area contributed by atoms with Gasteiger partial charge in [0.05, 0.1) is 24.7 Å². The van der Waals surface area contributed by atoms with Crippen LogP contribution in [0.15, 0.2) is 46.7 Å². The fourth-order valence-corrected chi connectivity index (χ4v) is 4.52. The first-order chi connectivity index (χ1) is 12.1. The van der Waals surface area contributed by atoms with E-state index in [9.17, 15) is 9.59 Å². The maximum absolute atomic E-state index is 12.9. The molecule has 1 aliphatic rings. The van der Waals surface area contributed by atoms with Crippen molar-refractivity contribution in [2.24, 2.45) is 0 Å². The fraction of sp³-hybridized carbons (Fsp3) is 0.333. The third-order valence-corrected chi connectivity index (χ3v) is 6.08. The number of thioether (sulfide) groups is 1. The summed E-state index contributed by atoms with van der Waals surface area (Å²) < 4.78 is 5.45. The molecule has 1 fully saturated rings. The van der Waals surface area contributed by atoms with Crippen molar-refractivity contribution in [2.75, 3.05) is 19.7 Å². The Labute approximate surface area is 154 Å². The van der Waals surface area contributed by atoms with Gasteiger partial charge in [0.2, 0.25) is 0 Å². The summed E-state index contributed by atoms with van der Waals surface area (Å²) in [6.07, 6.45) is -0.528. The SMILES string of the molecule is O=C(O)CC1CN(C(=O)c2ccccc2SCc2cccs2)CCO1. The smallest absolute Gasteiger partial charge is 0.306 e. The molecule has 0 saturated carbocycles. The summed E-state index contributed by atoms with van der Waals surface area (Å²) in [5.74, 6) is -0.147. The van der Waals surface area contributed by atoms with Crippen molar-refractivity contribution in [3.8, 4) is 0 Å². The van der Waals surface area contributed by atoms with E-state index in [1.54, 1.807) is 28.0 Å². The number of thiophene rings is 1. The molecular formula is C18H19NO4S2. The van der Waals surface area contributed by atoms with Gasteiger partial charge in [-0.2, -0.15) is 0 Å². The van der Waals surface area contributed by atoms with Crippen LogP contribution < -0.4 is 0 Å². The van der Waals surface area contributed by atoms with Gasteiger partial charge in [0, 0.05) is 28.6 Å². The van der Waals surface area contributed by atoms with Crippen LogP contribution in [0.25, 0.3) is 0 Å². The maximum Gasteiger partial charge on any atom is 0.306 e. The number of carbonyl (C=O) groups excluding carboxylic acids is 1. The van der Waals surface area contributed by atoms with E-state index >= 15 is 0 Å². The molecule has 1 atom stereocenters. The molecule has 3 rings (SSSR count). The molecule has 25 heavy (non-hydrogen) atoms. The van der Waals surface area contributed by atoms with E-state index in [0.717, 1.165) is 10.6 Å². The van der Waals surface area contributed by atoms with Gasteiger partial charge in [-0.3, -0.25) is 9.59 Å². The van der Waals surface area contributed by atoms with Crippen molar-refractivity contribution in [1.29, 1.82) is 0 Å².